The summed E-state index contributed by atoms with van der Waals surface area (Å²) >= 11 is 0. The van der Waals surface area contributed by atoms with E-state index in [1.807, 2.05) is 6.07 Å². The van der Waals surface area contributed by atoms with Gasteiger partial charge in [-0.15, -0.1) is 0 Å². The molecular formula is C12H17N3O2. The average Bonchev–Trinajstić information content (AvgIpc) is 2.26. The summed E-state index contributed by atoms with van der Waals surface area (Å²) in [5, 5.41) is 17.2. The Morgan fingerprint density at radius 2 is 2.00 bits per heavy atom. The largest absolute Gasteiger partial charge is 0.382 e. The second-order valence-corrected chi connectivity index (χ2v) is 4.63. The molecule has 1 aromatic rings. The first-order chi connectivity index (χ1) is 8.11. The molecule has 2 rings (SSSR count). The Morgan fingerprint density at radius 1 is 1.35 bits per heavy atom. The normalized spacial score (nSPS) is 22.7. The number of rotatable bonds is 4. The van der Waals surface area contributed by atoms with Gasteiger partial charge in [-0.2, -0.15) is 0 Å². The first kappa shape index (κ1) is 11.7. The number of anilines is 2. The van der Waals surface area contributed by atoms with Gasteiger partial charge in [0.25, 0.3) is 0 Å². The van der Waals surface area contributed by atoms with E-state index in [1.165, 1.54) is 0 Å². The van der Waals surface area contributed by atoms with Gasteiger partial charge in [0.15, 0.2) is 0 Å². The van der Waals surface area contributed by atoms with Crippen LogP contribution >= 0.6 is 0 Å². The molecule has 0 unspecified atom stereocenters. The zero-order valence-electron chi connectivity index (χ0n) is 10.1. The molecule has 0 aliphatic heterocycles. The summed E-state index contributed by atoms with van der Waals surface area (Å²) in [6.45, 7) is 2.19. The van der Waals surface area contributed by atoms with Gasteiger partial charge >= 0.3 is 5.69 Å². The molecule has 2 N–H and O–H groups in total. The predicted molar refractivity (Wildman–Crippen MR) is 68.5 cm³/mol. The van der Waals surface area contributed by atoms with Gasteiger partial charge in [-0.3, -0.25) is 10.1 Å². The first-order valence-corrected chi connectivity index (χ1v) is 5.83. The van der Waals surface area contributed by atoms with Crippen LogP contribution < -0.4 is 10.6 Å². The molecule has 1 aliphatic carbocycles. The maximum Gasteiger partial charge on any atom is 0.315 e. The second-order valence-electron chi connectivity index (χ2n) is 4.63. The number of hydrogen-bond donors (Lipinski definition) is 2. The zero-order chi connectivity index (χ0) is 12.4. The molecule has 0 atom stereocenters. The van der Waals surface area contributed by atoms with E-state index in [1.54, 1.807) is 19.2 Å². The van der Waals surface area contributed by atoms with Crippen LogP contribution in [-0.4, -0.2) is 18.0 Å². The lowest BCUT2D eigenvalue weighted by Crippen LogP contribution is -2.33. The molecule has 5 nitrogen and oxygen atoms in total. The van der Waals surface area contributed by atoms with Crippen molar-refractivity contribution in [2.75, 3.05) is 17.7 Å². The number of nitrogens with one attached hydrogen (secondary N) is 2. The third-order valence-corrected chi connectivity index (χ3v) is 3.22. The van der Waals surface area contributed by atoms with Crippen molar-refractivity contribution in [3.63, 3.8) is 0 Å². The van der Waals surface area contributed by atoms with Crippen LogP contribution in [0.2, 0.25) is 0 Å². The SMILES string of the molecule is CNc1cccc(NC2CC(C)C2)c1[N+](=O)[O-]. The van der Waals surface area contributed by atoms with E-state index in [-0.39, 0.29) is 10.6 Å². The number of benzene rings is 1. The highest BCUT2D eigenvalue weighted by Crippen LogP contribution is 2.36. The van der Waals surface area contributed by atoms with Crippen molar-refractivity contribution in [1.82, 2.24) is 0 Å². The Kier molecular flexibility index (Phi) is 3.17. The van der Waals surface area contributed by atoms with Crippen molar-refractivity contribution in [2.24, 2.45) is 5.92 Å². The lowest BCUT2D eigenvalue weighted by molar-refractivity contribution is -0.383. The van der Waals surface area contributed by atoms with E-state index < -0.39 is 0 Å². The van der Waals surface area contributed by atoms with Gasteiger partial charge in [-0.25, -0.2) is 0 Å². The Labute approximate surface area is 100 Å². The lowest BCUT2D eigenvalue weighted by atomic mass is 9.82. The maximum atomic E-state index is 11.1. The van der Waals surface area contributed by atoms with Crippen molar-refractivity contribution in [1.29, 1.82) is 0 Å². The second kappa shape index (κ2) is 4.61. The number of nitro groups is 1. The number of hydrogen-bond acceptors (Lipinski definition) is 4. The van der Waals surface area contributed by atoms with Crippen LogP contribution in [0.3, 0.4) is 0 Å². The lowest BCUT2D eigenvalue weighted by Gasteiger charge is -2.33. The molecule has 0 aromatic heterocycles. The molecule has 0 heterocycles. The fourth-order valence-electron chi connectivity index (χ4n) is 2.30. The number of nitro benzene ring substituents is 1. The van der Waals surface area contributed by atoms with Crippen LogP contribution in [-0.2, 0) is 0 Å². The van der Waals surface area contributed by atoms with Crippen LogP contribution in [0.25, 0.3) is 0 Å². The quantitative estimate of drug-likeness (QED) is 0.622. The molecule has 0 spiro atoms. The molecule has 1 saturated carbocycles. The van der Waals surface area contributed by atoms with Crippen molar-refractivity contribution < 1.29 is 4.92 Å². The molecule has 1 aromatic carbocycles. The molecule has 1 fully saturated rings. The van der Waals surface area contributed by atoms with E-state index in [0.717, 1.165) is 18.8 Å². The number of nitrogens with zero attached hydrogens (tertiary/aromatic N) is 1. The summed E-state index contributed by atoms with van der Waals surface area (Å²) < 4.78 is 0. The summed E-state index contributed by atoms with van der Waals surface area (Å²) in [7, 11) is 1.69. The third kappa shape index (κ3) is 2.33. The average molecular weight is 235 g/mol. The Hall–Kier alpha value is -1.78. The standard InChI is InChI=1S/C12H17N3O2/c1-8-6-9(7-8)14-11-5-3-4-10(13-2)12(11)15(16)17/h3-5,8-9,13-14H,6-7H2,1-2H3. The summed E-state index contributed by atoms with van der Waals surface area (Å²) in [5.74, 6) is 0.721. The molecule has 92 valence electrons. The minimum atomic E-state index is -0.337. The fourth-order valence-corrected chi connectivity index (χ4v) is 2.30. The van der Waals surface area contributed by atoms with Gasteiger partial charge in [0.2, 0.25) is 0 Å². The number of para-hydroxylation sites is 1. The van der Waals surface area contributed by atoms with Gasteiger partial charge < -0.3 is 10.6 Å². The Morgan fingerprint density at radius 3 is 2.53 bits per heavy atom. The minimum Gasteiger partial charge on any atom is -0.382 e. The molecule has 1 aliphatic rings. The highest BCUT2D eigenvalue weighted by Gasteiger charge is 2.28. The summed E-state index contributed by atoms with van der Waals surface area (Å²) in [4.78, 5) is 10.7. The molecule has 17 heavy (non-hydrogen) atoms. The molecule has 0 radical (unpaired) electrons. The van der Waals surface area contributed by atoms with Crippen molar-refractivity contribution in [3.05, 3.63) is 28.3 Å². The summed E-state index contributed by atoms with van der Waals surface area (Å²) in [6.07, 6.45) is 2.17. The highest BCUT2D eigenvalue weighted by atomic mass is 16.6. The van der Waals surface area contributed by atoms with Crippen LogP contribution in [0.5, 0.6) is 0 Å². The minimum absolute atomic E-state index is 0.134. The van der Waals surface area contributed by atoms with Crippen LogP contribution in [0.4, 0.5) is 17.1 Å². The Balaban J connectivity index is 2.23. The first-order valence-electron chi connectivity index (χ1n) is 5.83. The zero-order valence-corrected chi connectivity index (χ0v) is 10.1. The monoisotopic (exact) mass is 235 g/mol. The van der Waals surface area contributed by atoms with Gasteiger partial charge in [-0.05, 0) is 30.9 Å². The highest BCUT2D eigenvalue weighted by molar-refractivity contribution is 5.76. The van der Waals surface area contributed by atoms with E-state index in [0.29, 0.717) is 17.4 Å². The van der Waals surface area contributed by atoms with Crippen molar-refractivity contribution in [2.45, 2.75) is 25.8 Å². The maximum absolute atomic E-state index is 11.1. The smallest absolute Gasteiger partial charge is 0.315 e. The predicted octanol–water partition coefficient (Wildman–Crippen LogP) is 2.85. The molecule has 0 bridgehead atoms. The van der Waals surface area contributed by atoms with Crippen molar-refractivity contribution >= 4 is 17.1 Å². The van der Waals surface area contributed by atoms with E-state index >= 15 is 0 Å². The van der Waals surface area contributed by atoms with Crippen molar-refractivity contribution in [3.8, 4) is 0 Å². The van der Waals surface area contributed by atoms with Crippen LogP contribution in [0.1, 0.15) is 19.8 Å². The third-order valence-electron chi connectivity index (χ3n) is 3.22. The summed E-state index contributed by atoms with van der Waals surface area (Å²) in [6, 6.07) is 5.67. The van der Waals surface area contributed by atoms with Gasteiger partial charge in [0, 0.05) is 13.1 Å². The summed E-state index contributed by atoms with van der Waals surface area (Å²) in [5.41, 5.74) is 1.29. The van der Waals surface area contributed by atoms with Gasteiger partial charge in [-0.1, -0.05) is 13.0 Å². The molecule has 0 saturated heterocycles. The van der Waals surface area contributed by atoms with Crippen LogP contribution in [0.15, 0.2) is 18.2 Å². The van der Waals surface area contributed by atoms with E-state index in [2.05, 4.69) is 17.6 Å². The van der Waals surface area contributed by atoms with Crippen LogP contribution in [0, 0.1) is 16.0 Å². The van der Waals surface area contributed by atoms with Gasteiger partial charge in [0.1, 0.15) is 11.4 Å². The van der Waals surface area contributed by atoms with E-state index in [4.69, 9.17) is 0 Å². The fraction of sp³-hybridized carbons (Fsp3) is 0.500. The Bertz CT molecular complexity index is 428. The van der Waals surface area contributed by atoms with E-state index in [9.17, 15) is 10.1 Å². The molecular weight excluding hydrogens is 218 g/mol. The van der Waals surface area contributed by atoms with Gasteiger partial charge in [0.05, 0.1) is 4.92 Å². The molecule has 5 heteroatoms. The molecule has 0 amide bonds. The topological polar surface area (TPSA) is 67.2 Å².